The first-order valence-electron chi connectivity index (χ1n) is 8.56. The first-order valence-corrected chi connectivity index (χ1v) is 9.92. The summed E-state index contributed by atoms with van der Waals surface area (Å²) in [4.78, 5) is 29.6. The van der Waals surface area contributed by atoms with Crippen LogP contribution in [-0.2, 0) is 17.9 Å². The van der Waals surface area contributed by atoms with E-state index in [-0.39, 0.29) is 23.1 Å². The van der Waals surface area contributed by atoms with E-state index in [0.717, 1.165) is 0 Å². The molecule has 0 unspecified atom stereocenters. The van der Waals surface area contributed by atoms with Gasteiger partial charge in [-0.15, -0.1) is 0 Å². The zero-order valence-electron chi connectivity index (χ0n) is 15.1. The molecule has 0 fully saturated rings. The summed E-state index contributed by atoms with van der Waals surface area (Å²) < 4.78 is 6.81. The molecule has 0 saturated carbocycles. The molecule has 0 atom stereocenters. The van der Waals surface area contributed by atoms with Crippen LogP contribution in [0.15, 0.2) is 51.0 Å². The summed E-state index contributed by atoms with van der Waals surface area (Å²) in [5, 5.41) is 4.29. The van der Waals surface area contributed by atoms with E-state index >= 15 is 0 Å². The second-order valence-corrected chi connectivity index (χ2v) is 7.89. The Balaban J connectivity index is 1.80. The highest BCUT2D eigenvalue weighted by Gasteiger charge is 2.15. The number of furan rings is 1. The summed E-state index contributed by atoms with van der Waals surface area (Å²) in [5.74, 6) is 0.946. The first kappa shape index (κ1) is 19.5. The fourth-order valence-electron chi connectivity index (χ4n) is 2.59. The van der Waals surface area contributed by atoms with Crippen LogP contribution in [-0.4, -0.2) is 21.2 Å². The highest BCUT2D eigenvalue weighted by molar-refractivity contribution is 7.99. The van der Waals surface area contributed by atoms with Crippen molar-refractivity contribution in [3.63, 3.8) is 0 Å². The van der Waals surface area contributed by atoms with E-state index in [0.29, 0.717) is 39.9 Å². The van der Waals surface area contributed by atoms with Gasteiger partial charge >= 0.3 is 0 Å². The van der Waals surface area contributed by atoms with Gasteiger partial charge in [-0.05, 0) is 36.2 Å². The zero-order valence-corrected chi connectivity index (χ0v) is 16.6. The van der Waals surface area contributed by atoms with Crippen LogP contribution >= 0.6 is 23.4 Å². The number of hydrogen-bond donors (Lipinski definition) is 1. The van der Waals surface area contributed by atoms with E-state index in [2.05, 4.69) is 10.3 Å². The molecule has 1 amide bonds. The van der Waals surface area contributed by atoms with Crippen LogP contribution < -0.4 is 10.9 Å². The van der Waals surface area contributed by atoms with Gasteiger partial charge in [-0.2, -0.15) is 0 Å². The number of aromatic nitrogens is 2. The maximum atomic E-state index is 12.9. The van der Waals surface area contributed by atoms with Crippen molar-refractivity contribution in [1.82, 2.24) is 14.9 Å². The Morgan fingerprint density at radius 2 is 2.19 bits per heavy atom. The Bertz CT molecular complexity index is 999. The van der Waals surface area contributed by atoms with Crippen molar-refractivity contribution in [2.45, 2.75) is 32.1 Å². The summed E-state index contributed by atoms with van der Waals surface area (Å²) in [6, 6.07) is 8.62. The van der Waals surface area contributed by atoms with Gasteiger partial charge in [0.25, 0.3) is 5.56 Å². The van der Waals surface area contributed by atoms with Crippen molar-refractivity contribution < 1.29 is 9.21 Å². The van der Waals surface area contributed by atoms with Crippen molar-refractivity contribution in [1.29, 1.82) is 0 Å². The maximum absolute atomic E-state index is 12.9. The van der Waals surface area contributed by atoms with E-state index in [1.807, 2.05) is 13.8 Å². The van der Waals surface area contributed by atoms with Gasteiger partial charge < -0.3 is 9.73 Å². The summed E-state index contributed by atoms with van der Waals surface area (Å²) in [5.41, 5.74) is 0.428. The topological polar surface area (TPSA) is 77.1 Å². The zero-order chi connectivity index (χ0) is 19.4. The molecule has 0 aliphatic heterocycles. The minimum absolute atomic E-state index is 0.144. The molecule has 0 radical (unpaired) electrons. The lowest BCUT2D eigenvalue weighted by Crippen LogP contribution is -2.27. The van der Waals surface area contributed by atoms with Gasteiger partial charge in [-0.1, -0.05) is 37.2 Å². The number of carbonyl (C=O) groups excluding carboxylic acids is 1. The molecule has 8 heteroatoms. The second-order valence-electron chi connectivity index (χ2n) is 6.51. The Morgan fingerprint density at radius 3 is 2.89 bits per heavy atom. The molecule has 0 saturated heterocycles. The quantitative estimate of drug-likeness (QED) is 0.479. The number of thioether (sulfide) groups is 1. The molecule has 3 aromatic rings. The van der Waals surface area contributed by atoms with Crippen molar-refractivity contribution >= 4 is 40.2 Å². The Hall–Kier alpha value is -2.25. The fraction of sp³-hybridized carbons (Fsp3) is 0.316. The molecule has 0 aliphatic rings. The normalized spacial score (nSPS) is 11.3. The predicted molar refractivity (Wildman–Crippen MR) is 107 cm³/mol. The van der Waals surface area contributed by atoms with E-state index in [1.165, 1.54) is 11.8 Å². The van der Waals surface area contributed by atoms with Gasteiger partial charge in [0.15, 0.2) is 5.16 Å². The molecule has 1 aromatic carbocycles. The third-order valence-corrected chi connectivity index (χ3v) is 5.01. The van der Waals surface area contributed by atoms with Crippen LogP contribution in [0.5, 0.6) is 0 Å². The van der Waals surface area contributed by atoms with Crippen LogP contribution in [0.4, 0.5) is 0 Å². The molecule has 142 valence electrons. The number of nitrogens with zero attached hydrogens (tertiary/aromatic N) is 2. The van der Waals surface area contributed by atoms with Crippen LogP contribution in [0.1, 0.15) is 19.6 Å². The minimum Gasteiger partial charge on any atom is -0.467 e. The number of hydrogen-bond acceptors (Lipinski definition) is 5. The molecule has 3 rings (SSSR count). The van der Waals surface area contributed by atoms with Gasteiger partial charge in [0.05, 0.1) is 29.5 Å². The van der Waals surface area contributed by atoms with Crippen LogP contribution in [0.25, 0.3) is 10.9 Å². The minimum atomic E-state index is -0.155. The average molecular weight is 406 g/mol. The lowest BCUT2D eigenvalue weighted by Gasteiger charge is -2.15. The molecule has 6 nitrogen and oxygen atoms in total. The van der Waals surface area contributed by atoms with Crippen molar-refractivity contribution in [2.24, 2.45) is 5.92 Å². The van der Waals surface area contributed by atoms with Gasteiger partial charge in [0.1, 0.15) is 5.76 Å². The molecular formula is C19H20ClN3O3S. The van der Waals surface area contributed by atoms with E-state index in [4.69, 9.17) is 16.0 Å². The second kappa shape index (κ2) is 8.63. The van der Waals surface area contributed by atoms with Gasteiger partial charge in [0.2, 0.25) is 5.91 Å². The number of fused-ring (bicyclic) bond motifs is 1. The monoisotopic (exact) mass is 405 g/mol. The molecular weight excluding hydrogens is 386 g/mol. The SMILES string of the molecule is CC(C)Cn1c(SCC(=O)NCc2ccco2)nc2ccc(Cl)cc2c1=O. The maximum Gasteiger partial charge on any atom is 0.262 e. The lowest BCUT2D eigenvalue weighted by atomic mass is 10.2. The highest BCUT2D eigenvalue weighted by Crippen LogP contribution is 2.21. The smallest absolute Gasteiger partial charge is 0.262 e. The summed E-state index contributed by atoms with van der Waals surface area (Å²) in [7, 11) is 0. The summed E-state index contributed by atoms with van der Waals surface area (Å²) >= 11 is 7.27. The molecule has 1 N–H and O–H groups in total. The van der Waals surface area contributed by atoms with Crippen molar-refractivity contribution in [3.05, 3.63) is 57.7 Å². The molecule has 2 aromatic heterocycles. The van der Waals surface area contributed by atoms with E-state index in [9.17, 15) is 9.59 Å². The molecule has 0 aliphatic carbocycles. The Kier molecular flexibility index (Phi) is 6.23. The van der Waals surface area contributed by atoms with E-state index < -0.39 is 0 Å². The van der Waals surface area contributed by atoms with Crippen LogP contribution in [0, 0.1) is 5.92 Å². The largest absolute Gasteiger partial charge is 0.467 e. The van der Waals surface area contributed by atoms with Crippen molar-refractivity contribution in [2.75, 3.05) is 5.75 Å². The molecule has 27 heavy (non-hydrogen) atoms. The number of carbonyl (C=O) groups is 1. The number of halogens is 1. The van der Waals surface area contributed by atoms with Gasteiger partial charge in [-0.25, -0.2) is 4.98 Å². The number of nitrogens with one attached hydrogen (secondary N) is 1. The number of benzene rings is 1. The molecule has 2 heterocycles. The lowest BCUT2D eigenvalue weighted by molar-refractivity contribution is -0.118. The first-order chi connectivity index (χ1) is 12.9. The number of rotatable bonds is 7. The Labute approximate surface area is 165 Å². The molecule has 0 bridgehead atoms. The predicted octanol–water partition coefficient (Wildman–Crippen LogP) is 3.71. The Morgan fingerprint density at radius 1 is 1.37 bits per heavy atom. The summed E-state index contributed by atoms with van der Waals surface area (Å²) in [6.45, 7) is 4.90. The average Bonchev–Trinajstić information content (AvgIpc) is 3.15. The third kappa shape index (κ3) is 4.93. The standard InChI is InChI=1S/C19H20ClN3O3S/c1-12(2)10-23-18(25)15-8-13(20)5-6-16(15)22-19(23)27-11-17(24)21-9-14-4-3-7-26-14/h3-8,12H,9-11H2,1-2H3,(H,21,24). The summed E-state index contributed by atoms with van der Waals surface area (Å²) in [6.07, 6.45) is 1.56. The third-order valence-electron chi connectivity index (χ3n) is 3.80. The van der Waals surface area contributed by atoms with E-state index in [1.54, 1.807) is 41.2 Å². The molecule has 0 spiro atoms. The highest BCUT2D eigenvalue weighted by atomic mass is 35.5. The van der Waals surface area contributed by atoms with Crippen LogP contribution in [0.2, 0.25) is 5.02 Å². The number of amides is 1. The van der Waals surface area contributed by atoms with Gasteiger partial charge in [0, 0.05) is 11.6 Å². The van der Waals surface area contributed by atoms with Gasteiger partial charge in [-0.3, -0.25) is 14.2 Å². The fourth-order valence-corrected chi connectivity index (χ4v) is 3.60. The van der Waals surface area contributed by atoms with Crippen molar-refractivity contribution in [3.8, 4) is 0 Å². The van der Waals surface area contributed by atoms with Crippen LogP contribution in [0.3, 0.4) is 0 Å².